The minimum Gasteiger partial charge on any atom is -0.493 e. The first-order valence-corrected chi connectivity index (χ1v) is 8.44. The van der Waals surface area contributed by atoms with E-state index >= 15 is 0 Å². The van der Waals surface area contributed by atoms with Gasteiger partial charge in [-0.15, -0.1) is 0 Å². The molecule has 0 fully saturated rings. The first-order valence-electron chi connectivity index (χ1n) is 8.44. The Morgan fingerprint density at radius 1 is 1.04 bits per heavy atom. The van der Waals surface area contributed by atoms with E-state index in [1.807, 2.05) is 0 Å². The lowest BCUT2D eigenvalue weighted by atomic mass is 10.1. The fraction of sp³-hybridized carbons (Fsp3) is 0.200. The number of H-pyrrole nitrogens is 1. The number of aryl methyl sites for hydroxylation is 1. The molecule has 146 valence electrons. The summed E-state index contributed by atoms with van der Waals surface area (Å²) in [6.45, 7) is 0. The van der Waals surface area contributed by atoms with Crippen LogP contribution in [0.5, 0.6) is 11.5 Å². The number of ether oxygens (including phenoxy) is 2. The number of methoxy groups -OCH3 is 2. The molecule has 28 heavy (non-hydrogen) atoms. The van der Waals surface area contributed by atoms with E-state index in [2.05, 4.69) is 10.3 Å². The van der Waals surface area contributed by atoms with Crippen molar-refractivity contribution >= 4 is 22.5 Å². The summed E-state index contributed by atoms with van der Waals surface area (Å²) in [6, 6.07) is 8.17. The number of carbonyl (C=O) groups excluding carboxylic acids is 1. The molecule has 6 nitrogen and oxygen atoms in total. The molecule has 2 aromatic carbocycles. The zero-order valence-electron chi connectivity index (χ0n) is 15.3. The van der Waals surface area contributed by atoms with Crippen molar-refractivity contribution in [3.05, 3.63) is 63.9 Å². The van der Waals surface area contributed by atoms with Crippen LogP contribution in [0.3, 0.4) is 0 Å². The first kappa shape index (κ1) is 19.3. The molecule has 1 heterocycles. The summed E-state index contributed by atoms with van der Waals surface area (Å²) in [6.07, 6.45) is 0.177. The number of rotatable bonds is 6. The molecular weight excluding hydrogens is 370 g/mol. The van der Waals surface area contributed by atoms with Gasteiger partial charge < -0.3 is 19.8 Å². The fourth-order valence-corrected chi connectivity index (χ4v) is 2.81. The fourth-order valence-electron chi connectivity index (χ4n) is 2.81. The minimum absolute atomic E-state index is 0.000865. The van der Waals surface area contributed by atoms with Crippen molar-refractivity contribution in [1.29, 1.82) is 0 Å². The number of halogens is 2. The molecule has 2 N–H and O–H groups in total. The molecule has 0 aliphatic carbocycles. The lowest BCUT2D eigenvalue weighted by Gasteiger charge is -2.10. The number of benzene rings is 2. The standard InChI is InChI=1S/C20H18F2N2O4/c1-27-17-8-12-7-11(20(26)24-16(12)10-18(17)28-2)3-6-19(25)23-13-4-5-14(21)15(22)9-13/h4-5,7-10H,3,6H2,1-2H3,(H,23,25)(H,24,26). The number of carbonyl (C=O) groups is 1. The van der Waals surface area contributed by atoms with Gasteiger partial charge in [-0.2, -0.15) is 0 Å². The van der Waals surface area contributed by atoms with Gasteiger partial charge in [0, 0.05) is 35.2 Å². The quantitative estimate of drug-likeness (QED) is 0.678. The Hall–Kier alpha value is -3.42. The Balaban J connectivity index is 1.76. The monoisotopic (exact) mass is 388 g/mol. The summed E-state index contributed by atoms with van der Waals surface area (Å²) in [5, 5.41) is 3.21. The first-order chi connectivity index (χ1) is 13.4. The van der Waals surface area contributed by atoms with Crippen molar-refractivity contribution < 1.29 is 23.0 Å². The van der Waals surface area contributed by atoms with Crippen LogP contribution in [-0.4, -0.2) is 25.1 Å². The third-order valence-corrected chi connectivity index (χ3v) is 4.25. The van der Waals surface area contributed by atoms with Crippen molar-refractivity contribution in [1.82, 2.24) is 4.98 Å². The topological polar surface area (TPSA) is 80.4 Å². The van der Waals surface area contributed by atoms with Gasteiger partial charge in [-0.3, -0.25) is 9.59 Å². The van der Waals surface area contributed by atoms with Crippen molar-refractivity contribution in [3.8, 4) is 11.5 Å². The number of hydrogen-bond acceptors (Lipinski definition) is 4. The van der Waals surface area contributed by atoms with Crippen LogP contribution in [0.25, 0.3) is 10.9 Å². The van der Waals surface area contributed by atoms with Gasteiger partial charge in [-0.05, 0) is 30.7 Å². The predicted molar refractivity (Wildman–Crippen MR) is 101 cm³/mol. The van der Waals surface area contributed by atoms with Crippen LogP contribution in [0.1, 0.15) is 12.0 Å². The van der Waals surface area contributed by atoms with Crippen LogP contribution in [-0.2, 0) is 11.2 Å². The van der Waals surface area contributed by atoms with E-state index in [1.165, 1.54) is 20.3 Å². The molecule has 1 aromatic heterocycles. The van der Waals surface area contributed by atoms with E-state index in [0.717, 1.165) is 17.5 Å². The van der Waals surface area contributed by atoms with Crippen LogP contribution in [0.2, 0.25) is 0 Å². The molecule has 8 heteroatoms. The van der Waals surface area contributed by atoms with Gasteiger partial charge in [0.15, 0.2) is 23.1 Å². The highest BCUT2D eigenvalue weighted by Crippen LogP contribution is 2.31. The van der Waals surface area contributed by atoms with Gasteiger partial charge >= 0.3 is 0 Å². The minimum atomic E-state index is -1.05. The molecule has 0 saturated heterocycles. The van der Waals surface area contributed by atoms with E-state index in [-0.39, 0.29) is 24.1 Å². The average Bonchev–Trinajstić information content (AvgIpc) is 2.68. The van der Waals surface area contributed by atoms with Gasteiger partial charge in [0.05, 0.1) is 19.7 Å². The Bertz CT molecular complexity index is 1100. The molecule has 0 radical (unpaired) electrons. The number of amides is 1. The largest absolute Gasteiger partial charge is 0.493 e. The van der Waals surface area contributed by atoms with Crippen LogP contribution in [0.15, 0.2) is 41.2 Å². The van der Waals surface area contributed by atoms with Crippen LogP contribution in [0.4, 0.5) is 14.5 Å². The van der Waals surface area contributed by atoms with Gasteiger partial charge in [-0.25, -0.2) is 8.78 Å². The number of anilines is 1. The second-order valence-electron chi connectivity index (χ2n) is 6.10. The van der Waals surface area contributed by atoms with Crippen molar-refractivity contribution in [3.63, 3.8) is 0 Å². The van der Waals surface area contributed by atoms with E-state index in [0.29, 0.717) is 22.6 Å². The molecule has 3 rings (SSSR count). The third-order valence-electron chi connectivity index (χ3n) is 4.25. The number of aromatic nitrogens is 1. The Morgan fingerprint density at radius 2 is 1.75 bits per heavy atom. The molecular formula is C20H18F2N2O4. The molecule has 0 atom stereocenters. The molecule has 0 aliphatic heterocycles. The average molecular weight is 388 g/mol. The second-order valence-corrected chi connectivity index (χ2v) is 6.10. The number of aromatic amines is 1. The second kappa shape index (κ2) is 8.08. The van der Waals surface area contributed by atoms with E-state index in [9.17, 15) is 18.4 Å². The lowest BCUT2D eigenvalue weighted by molar-refractivity contribution is -0.116. The normalized spacial score (nSPS) is 10.7. The zero-order chi connectivity index (χ0) is 20.3. The molecule has 3 aromatic rings. The van der Waals surface area contributed by atoms with Crippen molar-refractivity contribution in [2.45, 2.75) is 12.8 Å². The number of hydrogen-bond donors (Lipinski definition) is 2. The van der Waals surface area contributed by atoms with Crippen LogP contribution < -0.4 is 20.3 Å². The Morgan fingerprint density at radius 3 is 2.43 bits per heavy atom. The number of nitrogens with one attached hydrogen (secondary N) is 2. The predicted octanol–water partition coefficient (Wildman–Crippen LogP) is 3.39. The SMILES string of the molecule is COc1cc2cc(CCC(=O)Nc3ccc(F)c(F)c3)c(=O)[nH]c2cc1OC. The maximum absolute atomic E-state index is 13.2. The van der Waals surface area contributed by atoms with Crippen LogP contribution >= 0.6 is 0 Å². The summed E-state index contributed by atoms with van der Waals surface area (Å²) >= 11 is 0. The van der Waals surface area contributed by atoms with Crippen molar-refractivity contribution in [2.75, 3.05) is 19.5 Å². The van der Waals surface area contributed by atoms with Gasteiger partial charge in [0.25, 0.3) is 5.56 Å². The smallest absolute Gasteiger partial charge is 0.251 e. The Labute approximate surface area is 159 Å². The maximum Gasteiger partial charge on any atom is 0.251 e. The van der Waals surface area contributed by atoms with Gasteiger partial charge in [0.2, 0.25) is 5.91 Å². The number of pyridine rings is 1. The molecule has 0 aliphatic rings. The highest BCUT2D eigenvalue weighted by atomic mass is 19.2. The summed E-state index contributed by atoms with van der Waals surface area (Å²) < 4.78 is 36.6. The third kappa shape index (κ3) is 4.11. The summed E-state index contributed by atoms with van der Waals surface area (Å²) in [5.74, 6) is -1.45. The van der Waals surface area contributed by atoms with Crippen molar-refractivity contribution in [2.24, 2.45) is 0 Å². The van der Waals surface area contributed by atoms with E-state index in [1.54, 1.807) is 18.2 Å². The maximum atomic E-state index is 13.2. The summed E-state index contributed by atoms with van der Waals surface area (Å²) in [4.78, 5) is 27.1. The zero-order valence-corrected chi connectivity index (χ0v) is 15.3. The Kier molecular flexibility index (Phi) is 5.58. The van der Waals surface area contributed by atoms with E-state index in [4.69, 9.17) is 9.47 Å². The number of fused-ring (bicyclic) bond motifs is 1. The molecule has 0 spiro atoms. The molecule has 1 amide bonds. The lowest BCUT2D eigenvalue weighted by Crippen LogP contribution is -2.17. The molecule has 0 saturated carbocycles. The highest BCUT2D eigenvalue weighted by molar-refractivity contribution is 5.91. The van der Waals surface area contributed by atoms with Crippen LogP contribution in [0, 0.1) is 11.6 Å². The molecule has 0 bridgehead atoms. The van der Waals surface area contributed by atoms with Gasteiger partial charge in [0.1, 0.15) is 0 Å². The molecule has 0 unspecified atom stereocenters. The van der Waals surface area contributed by atoms with Gasteiger partial charge in [-0.1, -0.05) is 0 Å². The van der Waals surface area contributed by atoms with E-state index < -0.39 is 17.5 Å². The summed E-state index contributed by atoms with van der Waals surface area (Å²) in [7, 11) is 3.01. The summed E-state index contributed by atoms with van der Waals surface area (Å²) in [5.41, 5.74) is 0.825. The highest BCUT2D eigenvalue weighted by Gasteiger charge is 2.11.